The van der Waals surface area contributed by atoms with Crippen molar-refractivity contribution < 1.29 is 9.53 Å². The third-order valence-corrected chi connectivity index (χ3v) is 4.14. The molecule has 146 valence electrons. The molecule has 0 aliphatic carbocycles. The molecular weight excluding hydrogens is 469 g/mol. The van der Waals surface area contributed by atoms with E-state index in [0.29, 0.717) is 30.5 Å². The Hall–Kier alpha value is -1.29. The number of likely N-dealkylation sites (tertiary alicyclic amines) is 1. The van der Waals surface area contributed by atoms with Crippen molar-refractivity contribution in [2.45, 2.75) is 32.7 Å². The van der Waals surface area contributed by atoms with E-state index >= 15 is 0 Å². The molecule has 9 heteroatoms. The number of hydrogen-bond donors (Lipinski definition) is 2. The van der Waals surface area contributed by atoms with Crippen LogP contribution in [-0.4, -0.2) is 60.6 Å². The van der Waals surface area contributed by atoms with E-state index in [9.17, 15) is 4.79 Å². The Bertz CT molecular complexity index is 602. The molecule has 1 fully saturated rings. The molecule has 0 aromatic carbocycles. The second kappa shape index (κ2) is 12.2. The fraction of sp³-hybridized carbons (Fsp3) is 0.588. The zero-order chi connectivity index (χ0) is 18.1. The number of hydrogen-bond acceptors (Lipinski definition) is 4. The van der Waals surface area contributed by atoms with Crippen LogP contribution < -0.4 is 15.4 Å². The lowest BCUT2D eigenvalue weighted by atomic mass is 10.3. The summed E-state index contributed by atoms with van der Waals surface area (Å²) >= 11 is 6.00. The van der Waals surface area contributed by atoms with E-state index in [2.05, 4.69) is 20.6 Å². The molecule has 1 aromatic rings. The normalized spacial score (nSPS) is 16.8. The number of amides is 1. The first-order valence-corrected chi connectivity index (χ1v) is 9.07. The Labute approximate surface area is 177 Å². The average molecular weight is 496 g/mol. The third kappa shape index (κ3) is 7.14. The highest BCUT2D eigenvalue weighted by atomic mass is 127. The maximum Gasteiger partial charge on any atom is 0.232 e. The van der Waals surface area contributed by atoms with E-state index in [1.807, 2.05) is 18.7 Å². The maximum atomic E-state index is 11.8. The number of carbonyl (C=O) groups is 1. The van der Waals surface area contributed by atoms with Crippen molar-refractivity contribution in [1.29, 1.82) is 0 Å². The van der Waals surface area contributed by atoms with Crippen molar-refractivity contribution in [3.8, 4) is 5.88 Å². The molecule has 0 spiro atoms. The Morgan fingerprint density at radius 1 is 1.50 bits per heavy atom. The van der Waals surface area contributed by atoms with E-state index in [-0.39, 0.29) is 35.9 Å². The van der Waals surface area contributed by atoms with Crippen LogP contribution in [-0.2, 0) is 4.79 Å². The minimum atomic E-state index is 0. The van der Waals surface area contributed by atoms with Gasteiger partial charge < -0.3 is 20.3 Å². The van der Waals surface area contributed by atoms with E-state index in [1.54, 1.807) is 18.3 Å². The van der Waals surface area contributed by atoms with Gasteiger partial charge in [0.25, 0.3) is 0 Å². The van der Waals surface area contributed by atoms with Gasteiger partial charge in [-0.1, -0.05) is 18.5 Å². The van der Waals surface area contributed by atoms with Crippen LogP contribution in [0.3, 0.4) is 0 Å². The number of pyridine rings is 1. The summed E-state index contributed by atoms with van der Waals surface area (Å²) in [5.74, 6) is 1.35. The smallest absolute Gasteiger partial charge is 0.232 e. The second-order valence-corrected chi connectivity index (χ2v) is 6.13. The summed E-state index contributed by atoms with van der Waals surface area (Å²) in [5, 5.41) is 7.09. The number of nitrogens with one attached hydrogen (secondary N) is 2. The topological polar surface area (TPSA) is 78.9 Å². The molecule has 1 unspecified atom stereocenters. The van der Waals surface area contributed by atoms with Gasteiger partial charge in [0.1, 0.15) is 11.6 Å². The zero-order valence-corrected chi connectivity index (χ0v) is 18.3. The van der Waals surface area contributed by atoms with Gasteiger partial charge in [0.15, 0.2) is 5.96 Å². The van der Waals surface area contributed by atoms with Gasteiger partial charge in [-0.3, -0.25) is 4.79 Å². The lowest BCUT2D eigenvalue weighted by Gasteiger charge is -2.18. The Morgan fingerprint density at radius 2 is 2.31 bits per heavy atom. The lowest BCUT2D eigenvalue weighted by molar-refractivity contribution is -0.129. The van der Waals surface area contributed by atoms with Crippen molar-refractivity contribution in [3.05, 3.63) is 23.4 Å². The van der Waals surface area contributed by atoms with Gasteiger partial charge >= 0.3 is 0 Å². The fourth-order valence-corrected chi connectivity index (χ4v) is 2.79. The minimum Gasteiger partial charge on any atom is -0.475 e. The maximum absolute atomic E-state index is 11.8. The van der Waals surface area contributed by atoms with Crippen LogP contribution in [0.2, 0.25) is 5.02 Å². The van der Waals surface area contributed by atoms with Crippen molar-refractivity contribution in [2.24, 2.45) is 4.99 Å². The molecule has 7 nitrogen and oxygen atoms in total. The van der Waals surface area contributed by atoms with Crippen LogP contribution in [0.5, 0.6) is 5.88 Å². The number of aliphatic imine (C=N–C) groups is 1. The van der Waals surface area contributed by atoms with Crippen LogP contribution in [0.25, 0.3) is 0 Å². The van der Waals surface area contributed by atoms with Gasteiger partial charge in [-0.05, 0) is 25.5 Å². The quantitative estimate of drug-likeness (QED) is 0.263. The number of aromatic nitrogens is 1. The van der Waals surface area contributed by atoms with Crippen LogP contribution in [0.4, 0.5) is 0 Å². The monoisotopic (exact) mass is 495 g/mol. The first-order chi connectivity index (χ1) is 12.1. The minimum absolute atomic E-state index is 0. The summed E-state index contributed by atoms with van der Waals surface area (Å²) in [5.41, 5.74) is 0. The Kier molecular flexibility index (Phi) is 10.6. The predicted molar refractivity (Wildman–Crippen MR) is 115 cm³/mol. The third-order valence-electron chi connectivity index (χ3n) is 3.85. The van der Waals surface area contributed by atoms with Crippen molar-refractivity contribution in [3.63, 3.8) is 0 Å². The standard InChI is InChI=1S/C17H26ClN5O2.HI/c1-3-15(24)23-10-7-13(12-23)22-17(19-4-2)21-9-11-25-16-14(18)6-5-8-20-16;/h5-6,8,13H,3-4,7,9-12H2,1-2H3,(H2,19,21,22);1H. The van der Waals surface area contributed by atoms with Crippen LogP contribution in [0, 0.1) is 0 Å². The molecule has 2 rings (SSSR count). The van der Waals surface area contributed by atoms with E-state index < -0.39 is 0 Å². The fourth-order valence-electron chi connectivity index (χ4n) is 2.62. The highest BCUT2D eigenvalue weighted by molar-refractivity contribution is 14.0. The molecule has 1 amide bonds. The molecule has 1 saturated heterocycles. The van der Waals surface area contributed by atoms with Crippen LogP contribution >= 0.6 is 35.6 Å². The van der Waals surface area contributed by atoms with E-state index in [0.717, 1.165) is 32.0 Å². The van der Waals surface area contributed by atoms with Gasteiger partial charge in [0.2, 0.25) is 11.8 Å². The second-order valence-electron chi connectivity index (χ2n) is 5.72. The molecule has 2 N–H and O–H groups in total. The average Bonchev–Trinajstić information content (AvgIpc) is 3.08. The molecule has 1 aromatic heterocycles. The summed E-state index contributed by atoms with van der Waals surface area (Å²) in [6.45, 7) is 7.06. The largest absolute Gasteiger partial charge is 0.475 e. The summed E-state index contributed by atoms with van der Waals surface area (Å²) in [6.07, 6.45) is 3.12. The first-order valence-electron chi connectivity index (χ1n) is 8.70. The molecule has 26 heavy (non-hydrogen) atoms. The molecule has 0 saturated carbocycles. The SMILES string of the molecule is CCNC(=NCCOc1ncccc1Cl)NC1CCN(C(=O)CC)C1.I. The van der Waals surface area contributed by atoms with Gasteiger partial charge in [-0.2, -0.15) is 0 Å². The number of carbonyl (C=O) groups excluding carboxylic acids is 1. The molecule has 1 aliphatic heterocycles. The summed E-state index contributed by atoms with van der Waals surface area (Å²) < 4.78 is 5.54. The van der Waals surface area contributed by atoms with Crippen LogP contribution in [0.15, 0.2) is 23.3 Å². The van der Waals surface area contributed by atoms with E-state index in [4.69, 9.17) is 16.3 Å². The van der Waals surface area contributed by atoms with Gasteiger partial charge in [0.05, 0.1) is 6.54 Å². The number of nitrogens with zero attached hydrogens (tertiary/aromatic N) is 3. The molecule has 1 atom stereocenters. The van der Waals surface area contributed by atoms with Gasteiger partial charge in [-0.15, -0.1) is 24.0 Å². The van der Waals surface area contributed by atoms with Crippen LogP contribution in [0.1, 0.15) is 26.7 Å². The first kappa shape index (κ1) is 22.8. The highest BCUT2D eigenvalue weighted by Gasteiger charge is 2.25. The van der Waals surface area contributed by atoms with Gasteiger partial charge in [-0.25, -0.2) is 9.98 Å². The lowest BCUT2D eigenvalue weighted by Crippen LogP contribution is -2.45. The molecular formula is C17H27ClIN5O2. The Balaban J connectivity index is 0.00000338. The molecule has 0 radical (unpaired) electrons. The number of guanidine groups is 1. The zero-order valence-electron chi connectivity index (χ0n) is 15.2. The molecule has 2 heterocycles. The summed E-state index contributed by atoms with van der Waals surface area (Å²) in [6, 6.07) is 3.72. The Morgan fingerprint density at radius 3 is 3.00 bits per heavy atom. The van der Waals surface area contributed by atoms with Crippen molar-refractivity contribution >= 4 is 47.4 Å². The summed E-state index contributed by atoms with van der Waals surface area (Å²) in [4.78, 5) is 22.2. The summed E-state index contributed by atoms with van der Waals surface area (Å²) in [7, 11) is 0. The van der Waals surface area contributed by atoms with Crippen molar-refractivity contribution in [2.75, 3.05) is 32.8 Å². The van der Waals surface area contributed by atoms with Crippen molar-refractivity contribution in [1.82, 2.24) is 20.5 Å². The van der Waals surface area contributed by atoms with Gasteiger partial charge in [0, 0.05) is 38.3 Å². The van der Waals surface area contributed by atoms with E-state index in [1.165, 1.54) is 0 Å². The number of rotatable bonds is 7. The predicted octanol–water partition coefficient (Wildman–Crippen LogP) is 2.30. The highest BCUT2D eigenvalue weighted by Crippen LogP contribution is 2.19. The molecule has 1 aliphatic rings. The number of halogens is 2. The number of ether oxygens (including phenoxy) is 1. The molecule has 0 bridgehead atoms.